The Balaban J connectivity index is 1.76. The Morgan fingerprint density at radius 3 is 2.52 bits per heavy atom. The van der Waals surface area contributed by atoms with Crippen LogP contribution in [-0.2, 0) is 0 Å². The zero-order valence-electron chi connectivity index (χ0n) is 12.1. The molecule has 1 aliphatic heterocycles. The summed E-state index contributed by atoms with van der Waals surface area (Å²) in [5, 5.41) is 3.45. The summed E-state index contributed by atoms with van der Waals surface area (Å²) in [5.74, 6) is 0.527. The van der Waals surface area contributed by atoms with E-state index < -0.39 is 0 Å². The number of aromatic nitrogens is 2. The molecule has 1 saturated heterocycles. The van der Waals surface area contributed by atoms with Crippen molar-refractivity contribution in [3.8, 4) is 11.1 Å². The smallest absolute Gasteiger partial charge is 0.225 e. The van der Waals surface area contributed by atoms with Gasteiger partial charge in [0, 0.05) is 43.6 Å². The van der Waals surface area contributed by atoms with Crippen molar-refractivity contribution in [1.29, 1.82) is 0 Å². The number of nitrogens with one attached hydrogen (secondary N) is 1. The van der Waals surface area contributed by atoms with E-state index >= 15 is 0 Å². The number of nitrogens with zero attached hydrogens (tertiary/aromatic N) is 3. The van der Waals surface area contributed by atoms with Crippen molar-refractivity contribution < 1.29 is 4.39 Å². The van der Waals surface area contributed by atoms with Gasteiger partial charge in [0.2, 0.25) is 5.95 Å². The molecule has 0 bridgehead atoms. The minimum atomic E-state index is -0.234. The van der Waals surface area contributed by atoms with Gasteiger partial charge < -0.3 is 10.2 Å². The van der Waals surface area contributed by atoms with Gasteiger partial charge in [-0.25, -0.2) is 14.4 Å². The first-order valence-electron chi connectivity index (χ1n) is 7.29. The van der Waals surface area contributed by atoms with Gasteiger partial charge in [-0.05, 0) is 31.0 Å². The van der Waals surface area contributed by atoms with Crippen LogP contribution in [0.3, 0.4) is 0 Å². The average molecular weight is 286 g/mol. The summed E-state index contributed by atoms with van der Waals surface area (Å²) in [4.78, 5) is 11.1. The van der Waals surface area contributed by atoms with Crippen molar-refractivity contribution in [3.05, 3.63) is 42.5 Å². The standard InChI is InChI=1S/C16H19FN4/c1-12-6-8-21(9-7-18-12)16-19-10-14(11-20-16)13-2-4-15(17)5-3-13/h2-5,10-12,18H,6-9H2,1H3. The Morgan fingerprint density at radius 1 is 1.10 bits per heavy atom. The van der Waals surface area contributed by atoms with Gasteiger partial charge in [-0.1, -0.05) is 12.1 Å². The molecule has 21 heavy (non-hydrogen) atoms. The molecule has 1 aliphatic rings. The van der Waals surface area contributed by atoms with Gasteiger partial charge in [0.15, 0.2) is 0 Å². The first kappa shape index (κ1) is 13.9. The number of hydrogen-bond donors (Lipinski definition) is 1. The monoisotopic (exact) mass is 286 g/mol. The quantitative estimate of drug-likeness (QED) is 0.921. The summed E-state index contributed by atoms with van der Waals surface area (Å²) in [6.07, 6.45) is 4.69. The molecule has 0 radical (unpaired) electrons. The van der Waals surface area contributed by atoms with Crippen LogP contribution in [0.5, 0.6) is 0 Å². The predicted molar refractivity (Wildman–Crippen MR) is 81.7 cm³/mol. The largest absolute Gasteiger partial charge is 0.339 e. The van der Waals surface area contributed by atoms with Crippen LogP contribution in [0.4, 0.5) is 10.3 Å². The van der Waals surface area contributed by atoms with Crippen LogP contribution >= 0.6 is 0 Å². The average Bonchev–Trinajstić information content (AvgIpc) is 2.73. The van der Waals surface area contributed by atoms with Crippen molar-refractivity contribution in [1.82, 2.24) is 15.3 Å². The summed E-state index contributed by atoms with van der Waals surface area (Å²) >= 11 is 0. The molecule has 2 heterocycles. The van der Waals surface area contributed by atoms with E-state index in [1.54, 1.807) is 24.5 Å². The number of hydrogen-bond acceptors (Lipinski definition) is 4. The Hall–Kier alpha value is -2.01. The van der Waals surface area contributed by atoms with Gasteiger partial charge in [-0.3, -0.25) is 0 Å². The van der Waals surface area contributed by atoms with Crippen molar-refractivity contribution in [3.63, 3.8) is 0 Å². The molecular weight excluding hydrogens is 267 g/mol. The molecule has 4 nitrogen and oxygen atoms in total. The first-order valence-corrected chi connectivity index (χ1v) is 7.29. The fourth-order valence-corrected chi connectivity index (χ4v) is 2.49. The highest BCUT2D eigenvalue weighted by molar-refractivity contribution is 5.61. The molecule has 1 unspecified atom stereocenters. The van der Waals surface area contributed by atoms with Crippen molar-refractivity contribution in [2.24, 2.45) is 0 Å². The molecule has 0 amide bonds. The Kier molecular flexibility index (Phi) is 4.10. The summed E-state index contributed by atoms with van der Waals surface area (Å²) in [6, 6.07) is 6.92. The molecule has 110 valence electrons. The van der Waals surface area contributed by atoms with Crippen LogP contribution in [0.2, 0.25) is 0 Å². The van der Waals surface area contributed by atoms with E-state index in [0.717, 1.165) is 43.1 Å². The lowest BCUT2D eigenvalue weighted by Gasteiger charge is -2.19. The minimum Gasteiger partial charge on any atom is -0.339 e. The lowest BCUT2D eigenvalue weighted by molar-refractivity contribution is 0.566. The molecule has 0 saturated carbocycles. The molecule has 3 rings (SSSR count). The third-order valence-electron chi connectivity index (χ3n) is 3.81. The molecule has 1 N–H and O–H groups in total. The number of anilines is 1. The van der Waals surface area contributed by atoms with Gasteiger partial charge >= 0.3 is 0 Å². The first-order chi connectivity index (χ1) is 10.2. The topological polar surface area (TPSA) is 41.1 Å². The minimum absolute atomic E-state index is 0.234. The van der Waals surface area contributed by atoms with Crippen LogP contribution in [0.15, 0.2) is 36.7 Å². The SMILES string of the molecule is CC1CCN(c2ncc(-c3ccc(F)cc3)cn2)CCN1. The molecule has 2 aromatic rings. The zero-order chi connectivity index (χ0) is 14.7. The number of benzene rings is 1. The lowest BCUT2D eigenvalue weighted by atomic mass is 10.1. The molecule has 0 spiro atoms. The van der Waals surface area contributed by atoms with E-state index in [4.69, 9.17) is 0 Å². The summed E-state index contributed by atoms with van der Waals surface area (Å²) in [7, 11) is 0. The van der Waals surface area contributed by atoms with E-state index in [9.17, 15) is 4.39 Å². The molecule has 1 aromatic heterocycles. The highest BCUT2D eigenvalue weighted by atomic mass is 19.1. The highest BCUT2D eigenvalue weighted by Gasteiger charge is 2.15. The molecule has 1 fully saturated rings. The van der Waals surface area contributed by atoms with Crippen molar-refractivity contribution in [2.45, 2.75) is 19.4 Å². The van der Waals surface area contributed by atoms with Gasteiger partial charge in [0.05, 0.1) is 0 Å². The van der Waals surface area contributed by atoms with Gasteiger partial charge in [-0.15, -0.1) is 0 Å². The normalized spacial score (nSPS) is 19.3. The van der Waals surface area contributed by atoms with Gasteiger partial charge in [-0.2, -0.15) is 0 Å². The van der Waals surface area contributed by atoms with E-state index in [1.807, 2.05) is 0 Å². The van der Waals surface area contributed by atoms with Crippen LogP contribution in [0.25, 0.3) is 11.1 Å². The zero-order valence-corrected chi connectivity index (χ0v) is 12.1. The number of rotatable bonds is 2. The second-order valence-electron chi connectivity index (χ2n) is 5.41. The second kappa shape index (κ2) is 6.18. The van der Waals surface area contributed by atoms with E-state index in [-0.39, 0.29) is 5.82 Å². The fraction of sp³-hybridized carbons (Fsp3) is 0.375. The van der Waals surface area contributed by atoms with E-state index in [1.165, 1.54) is 12.1 Å². The Bertz CT molecular complexity index is 582. The maximum absolute atomic E-state index is 12.9. The maximum atomic E-state index is 12.9. The number of halogens is 1. The summed E-state index contributed by atoms with van der Waals surface area (Å²) in [5.41, 5.74) is 1.83. The van der Waals surface area contributed by atoms with Crippen LogP contribution < -0.4 is 10.2 Å². The third kappa shape index (κ3) is 3.36. The third-order valence-corrected chi connectivity index (χ3v) is 3.81. The van der Waals surface area contributed by atoms with E-state index in [0.29, 0.717) is 6.04 Å². The van der Waals surface area contributed by atoms with E-state index in [2.05, 4.69) is 27.1 Å². The predicted octanol–water partition coefficient (Wildman–Crippen LogP) is 2.47. The highest BCUT2D eigenvalue weighted by Crippen LogP contribution is 2.19. The molecule has 0 aliphatic carbocycles. The maximum Gasteiger partial charge on any atom is 0.225 e. The summed E-state index contributed by atoms with van der Waals surface area (Å²) in [6.45, 7) is 5.02. The van der Waals surface area contributed by atoms with Crippen molar-refractivity contribution in [2.75, 3.05) is 24.5 Å². The van der Waals surface area contributed by atoms with Crippen molar-refractivity contribution >= 4 is 5.95 Å². The second-order valence-corrected chi connectivity index (χ2v) is 5.41. The van der Waals surface area contributed by atoms with Crippen LogP contribution in [0, 0.1) is 5.82 Å². The molecule has 5 heteroatoms. The lowest BCUT2D eigenvalue weighted by Crippen LogP contribution is -2.30. The van der Waals surface area contributed by atoms with Gasteiger partial charge in [0.1, 0.15) is 5.82 Å². The molecular formula is C16H19FN4. The summed E-state index contributed by atoms with van der Waals surface area (Å²) < 4.78 is 12.9. The fourth-order valence-electron chi connectivity index (χ4n) is 2.49. The molecule has 1 aromatic carbocycles. The van der Waals surface area contributed by atoms with Crippen LogP contribution in [0.1, 0.15) is 13.3 Å². The molecule has 1 atom stereocenters. The Morgan fingerprint density at radius 2 is 1.81 bits per heavy atom. The van der Waals surface area contributed by atoms with Crippen LogP contribution in [-0.4, -0.2) is 35.6 Å². The Labute approximate surface area is 124 Å². The van der Waals surface area contributed by atoms with Gasteiger partial charge in [0.25, 0.3) is 0 Å².